The second-order valence-electron chi connectivity index (χ2n) is 3.97. The van der Waals surface area contributed by atoms with E-state index in [1.807, 2.05) is 0 Å². The highest BCUT2D eigenvalue weighted by molar-refractivity contribution is 5.87. The van der Waals surface area contributed by atoms with Gasteiger partial charge in [0.1, 0.15) is 0 Å². The van der Waals surface area contributed by atoms with Gasteiger partial charge in [-0.25, -0.2) is 9.78 Å². The van der Waals surface area contributed by atoms with Crippen molar-refractivity contribution in [3.63, 3.8) is 0 Å². The molecule has 0 aliphatic carbocycles. The maximum Gasteiger partial charge on any atom is 0.335 e. The van der Waals surface area contributed by atoms with Crippen LogP contribution in [0.25, 0.3) is 0 Å². The molecule has 1 N–H and O–H groups in total. The van der Waals surface area contributed by atoms with Crippen molar-refractivity contribution in [3.8, 4) is 11.6 Å². The molecule has 1 aromatic carbocycles. The average molecular weight is 274 g/mol. The van der Waals surface area contributed by atoms with Gasteiger partial charge >= 0.3 is 11.7 Å². The lowest BCUT2D eigenvalue weighted by Crippen LogP contribution is -2.00. The lowest BCUT2D eigenvalue weighted by molar-refractivity contribution is -0.385. The van der Waals surface area contributed by atoms with Crippen molar-refractivity contribution >= 4 is 11.7 Å². The largest absolute Gasteiger partial charge is 0.478 e. The summed E-state index contributed by atoms with van der Waals surface area (Å²) in [4.78, 5) is 25.1. The highest BCUT2D eigenvalue weighted by Gasteiger charge is 2.18. The van der Waals surface area contributed by atoms with Gasteiger partial charge in [-0.2, -0.15) is 0 Å². The van der Waals surface area contributed by atoms with E-state index in [1.165, 1.54) is 24.4 Å². The molecule has 0 aliphatic rings. The molecule has 0 fully saturated rings. The lowest BCUT2D eigenvalue weighted by atomic mass is 10.2. The number of para-hydroxylation sites is 1. The molecule has 7 nitrogen and oxygen atoms in total. The minimum absolute atomic E-state index is 0.00811. The number of hydrogen-bond acceptors (Lipinski definition) is 5. The molecule has 0 spiro atoms. The molecule has 0 saturated carbocycles. The molecule has 0 radical (unpaired) electrons. The van der Waals surface area contributed by atoms with Gasteiger partial charge in [-0.1, -0.05) is 12.1 Å². The van der Waals surface area contributed by atoms with Crippen LogP contribution in [-0.2, 0) is 0 Å². The summed E-state index contributed by atoms with van der Waals surface area (Å²) < 4.78 is 5.38. The maximum absolute atomic E-state index is 11.0. The predicted octanol–water partition coefficient (Wildman–Crippen LogP) is 2.79. The zero-order chi connectivity index (χ0) is 14.7. The van der Waals surface area contributed by atoms with Crippen LogP contribution < -0.4 is 4.74 Å². The number of benzene rings is 1. The molecule has 7 heteroatoms. The van der Waals surface area contributed by atoms with Gasteiger partial charge in [0.05, 0.1) is 10.5 Å². The Hall–Kier alpha value is -2.96. The van der Waals surface area contributed by atoms with E-state index in [9.17, 15) is 14.9 Å². The van der Waals surface area contributed by atoms with Gasteiger partial charge in [-0.3, -0.25) is 10.1 Å². The number of nitro groups is 1. The zero-order valence-corrected chi connectivity index (χ0v) is 10.4. The average Bonchev–Trinajstić information content (AvgIpc) is 2.41. The van der Waals surface area contributed by atoms with Crippen LogP contribution in [0.15, 0.2) is 36.5 Å². The fraction of sp³-hybridized carbons (Fsp3) is 0.0769. The Labute approximate surface area is 113 Å². The van der Waals surface area contributed by atoms with E-state index < -0.39 is 10.9 Å². The van der Waals surface area contributed by atoms with Crippen molar-refractivity contribution in [1.82, 2.24) is 4.98 Å². The van der Waals surface area contributed by atoms with Gasteiger partial charge < -0.3 is 9.84 Å². The second kappa shape index (κ2) is 5.35. The van der Waals surface area contributed by atoms with Crippen molar-refractivity contribution in [2.24, 2.45) is 0 Å². The van der Waals surface area contributed by atoms with Crippen LogP contribution in [0, 0.1) is 17.0 Å². The zero-order valence-electron chi connectivity index (χ0n) is 10.4. The van der Waals surface area contributed by atoms with E-state index in [-0.39, 0.29) is 22.9 Å². The monoisotopic (exact) mass is 274 g/mol. The van der Waals surface area contributed by atoms with Gasteiger partial charge in [-0.15, -0.1) is 0 Å². The van der Waals surface area contributed by atoms with Gasteiger partial charge in [0.2, 0.25) is 11.6 Å². The molecule has 2 rings (SSSR count). The number of carbonyl (C=O) groups is 1. The first kappa shape index (κ1) is 13.5. The molecule has 0 bridgehead atoms. The Morgan fingerprint density at radius 1 is 1.40 bits per heavy atom. The molecule has 0 aliphatic heterocycles. The lowest BCUT2D eigenvalue weighted by Gasteiger charge is -2.08. The number of carboxylic acids is 1. The number of nitrogens with zero attached hydrogens (tertiary/aromatic N) is 2. The molecule has 0 saturated heterocycles. The smallest absolute Gasteiger partial charge is 0.335 e. The summed E-state index contributed by atoms with van der Waals surface area (Å²) in [6.45, 7) is 1.66. The summed E-state index contributed by atoms with van der Waals surface area (Å²) in [6, 6.07) is 7.02. The van der Waals surface area contributed by atoms with Gasteiger partial charge in [0.25, 0.3) is 0 Å². The fourth-order valence-corrected chi connectivity index (χ4v) is 1.62. The van der Waals surface area contributed by atoms with Crippen molar-refractivity contribution in [3.05, 3.63) is 57.8 Å². The summed E-state index contributed by atoms with van der Waals surface area (Å²) in [6.07, 6.45) is 1.27. The summed E-state index contributed by atoms with van der Waals surface area (Å²) in [5.74, 6) is -1.09. The highest BCUT2D eigenvalue weighted by atomic mass is 16.6. The number of aromatic carboxylic acids is 1. The van der Waals surface area contributed by atoms with E-state index in [0.29, 0.717) is 5.56 Å². The van der Waals surface area contributed by atoms with Crippen LogP contribution in [0.5, 0.6) is 11.6 Å². The number of ether oxygens (including phenoxy) is 1. The van der Waals surface area contributed by atoms with Gasteiger partial charge in [0, 0.05) is 18.3 Å². The molecule has 1 heterocycles. The number of carboxylic acid groups (broad SMARTS) is 1. The number of pyridine rings is 1. The third kappa shape index (κ3) is 2.72. The summed E-state index contributed by atoms with van der Waals surface area (Å²) in [5, 5.41) is 19.8. The third-order valence-electron chi connectivity index (χ3n) is 2.58. The van der Waals surface area contributed by atoms with Gasteiger partial charge in [-0.05, 0) is 18.6 Å². The van der Waals surface area contributed by atoms with Crippen LogP contribution in [0.3, 0.4) is 0 Å². The normalized spacial score (nSPS) is 10.1. The molecular formula is C13H10N2O5. The standard InChI is InChI=1S/C13H10N2O5/c1-8-3-2-4-10(15(18)19)12(8)20-11-7-9(13(16)17)5-6-14-11/h2-7H,1H3,(H,16,17). The molecule has 0 unspecified atom stereocenters. The number of aromatic nitrogens is 1. The number of hydrogen-bond donors (Lipinski definition) is 1. The summed E-state index contributed by atoms with van der Waals surface area (Å²) in [5.41, 5.74) is 0.348. The minimum atomic E-state index is -1.13. The first-order valence-corrected chi connectivity index (χ1v) is 5.60. The van der Waals surface area contributed by atoms with Crippen molar-refractivity contribution in [1.29, 1.82) is 0 Å². The van der Waals surface area contributed by atoms with Crippen LogP contribution in [0.4, 0.5) is 5.69 Å². The Bertz CT molecular complexity index is 684. The molecule has 102 valence electrons. The molecular weight excluding hydrogens is 264 g/mol. The maximum atomic E-state index is 11.0. The van der Waals surface area contributed by atoms with E-state index in [2.05, 4.69) is 4.98 Å². The molecule has 1 aromatic heterocycles. The van der Waals surface area contributed by atoms with E-state index in [0.717, 1.165) is 0 Å². The minimum Gasteiger partial charge on any atom is -0.478 e. The van der Waals surface area contributed by atoms with Gasteiger partial charge in [0.15, 0.2) is 0 Å². The quantitative estimate of drug-likeness (QED) is 0.679. The van der Waals surface area contributed by atoms with Crippen molar-refractivity contribution in [2.45, 2.75) is 6.92 Å². The molecule has 0 atom stereocenters. The van der Waals surface area contributed by atoms with Crippen LogP contribution >= 0.6 is 0 Å². The number of aryl methyl sites for hydroxylation is 1. The first-order valence-electron chi connectivity index (χ1n) is 5.60. The SMILES string of the molecule is Cc1cccc([N+](=O)[O-])c1Oc1cc(C(=O)O)ccn1. The second-order valence-corrected chi connectivity index (χ2v) is 3.97. The Balaban J connectivity index is 2.42. The summed E-state index contributed by atoms with van der Waals surface area (Å²) in [7, 11) is 0. The van der Waals surface area contributed by atoms with E-state index in [1.54, 1.807) is 19.1 Å². The number of rotatable bonds is 4. The fourth-order valence-electron chi connectivity index (χ4n) is 1.62. The van der Waals surface area contributed by atoms with E-state index in [4.69, 9.17) is 9.84 Å². The topological polar surface area (TPSA) is 103 Å². The first-order chi connectivity index (χ1) is 9.49. The molecule has 0 amide bonds. The molecule has 2 aromatic rings. The Morgan fingerprint density at radius 3 is 2.80 bits per heavy atom. The predicted molar refractivity (Wildman–Crippen MR) is 69.1 cm³/mol. The number of nitro benzene ring substituents is 1. The Kier molecular flexibility index (Phi) is 3.60. The van der Waals surface area contributed by atoms with Crippen LogP contribution in [0.1, 0.15) is 15.9 Å². The van der Waals surface area contributed by atoms with Crippen LogP contribution in [0.2, 0.25) is 0 Å². The van der Waals surface area contributed by atoms with Crippen molar-refractivity contribution in [2.75, 3.05) is 0 Å². The van der Waals surface area contributed by atoms with Crippen molar-refractivity contribution < 1.29 is 19.6 Å². The third-order valence-corrected chi connectivity index (χ3v) is 2.58. The molecule has 20 heavy (non-hydrogen) atoms. The summed E-state index contributed by atoms with van der Waals surface area (Å²) >= 11 is 0. The van der Waals surface area contributed by atoms with Crippen LogP contribution in [-0.4, -0.2) is 21.0 Å². The highest BCUT2D eigenvalue weighted by Crippen LogP contribution is 2.33. The Morgan fingerprint density at radius 2 is 2.15 bits per heavy atom. The van der Waals surface area contributed by atoms with E-state index >= 15 is 0 Å².